The fraction of sp³-hybridized carbons (Fsp3) is 0.300. The molecule has 1 saturated heterocycles. The summed E-state index contributed by atoms with van der Waals surface area (Å²) < 4.78 is 0. The molecule has 0 radical (unpaired) electrons. The average Bonchev–Trinajstić information content (AvgIpc) is 2.73. The quantitative estimate of drug-likeness (QED) is 0.456. The largest absolute Gasteiger partial charge is 0.366 e. The lowest BCUT2D eigenvalue weighted by atomic mass is 10.1. The Morgan fingerprint density at radius 3 is 2.50 bits per heavy atom. The van der Waals surface area contributed by atoms with Crippen LogP contribution in [-0.4, -0.2) is 29.0 Å². The zero-order valence-corrected chi connectivity index (χ0v) is 16.2. The molecule has 1 amide bonds. The lowest BCUT2D eigenvalue weighted by molar-refractivity contribution is -0.384. The van der Waals surface area contributed by atoms with Crippen LogP contribution < -0.4 is 15.5 Å². The number of nitrogens with one attached hydrogen (secondary N) is 2. The number of thiocarbonyl (C=S) groups is 1. The van der Waals surface area contributed by atoms with Gasteiger partial charge in [-0.25, -0.2) is 0 Å². The summed E-state index contributed by atoms with van der Waals surface area (Å²) in [4.78, 5) is 25.6. The predicted octanol–water partition coefficient (Wildman–Crippen LogP) is 3.39. The fourth-order valence-corrected chi connectivity index (χ4v) is 3.38. The number of anilines is 1. The molecule has 1 aliphatic rings. The minimum Gasteiger partial charge on any atom is -0.366 e. The molecule has 0 aliphatic carbocycles. The Hall–Kier alpha value is -3.00. The van der Waals surface area contributed by atoms with Gasteiger partial charge in [-0.2, -0.15) is 0 Å². The molecule has 8 heteroatoms. The van der Waals surface area contributed by atoms with Gasteiger partial charge in [0.2, 0.25) is 0 Å². The third-order valence-corrected chi connectivity index (χ3v) is 4.90. The van der Waals surface area contributed by atoms with E-state index in [1.165, 1.54) is 6.07 Å². The van der Waals surface area contributed by atoms with Gasteiger partial charge in [-0.1, -0.05) is 30.3 Å². The Labute approximate surface area is 168 Å². The smallest absolute Gasteiger partial charge is 0.293 e. The minimum absolute atomic E-state index is 0.0577. The van der Waals surface area contributed by atoms with Crippen LogP contribution >= 0.6 is 12.2 Å². The number of nitro benzene ring substituents is 1. The highest BCUT2D eigenvalue weighted by Crippen LogP contribution is 2.31. The van der Waals surface area contributed by atoms with Gasteiger partial charge in [0.25, 0.3) is 11.6 Å². The van der Waals surface area contributed by atoms with Gasteiger partial charge in [0.05, 0.1) is 4.92 Å². The first-order valence-electron chi connectivity index (χ1n) is 9.21. The number of piperidine rings is 1. The van der Waals surface area contributed by atoms with E-state index in [-0.39, 0.29) is 16.4 Å². The monoisotopic (exact) mass is 398 g/mol. The molecule has 146 valence electrons. The topological polar surface area (TPSA) is 87.5 Å². The molecule has 2 N–H and O–H groups in total. The molecule has 1 aliphatic heterocycles. The summed E-state index contributed by atoms with van der Waals surface area (Å²) in [5.41, 5.74) is 1.74. The second-order valence-corrected chi connectivity index (χ2v) is 7.04. The molecule has 2 aromatic rings. The maximum Gasteiger partial charge on any atom is 0.293 e. The van der Waals surface area contributed by atoms with Crippen LogP contribution in [0.5, 0.6) is 0 Å². The first-order valence-corrected chi connectivity index (χ1v) is 9.62. The normalized spacial score (nSPS) is 13.6. The van der Waals surface area contributed by atoms with Crippen molar-refractivity contribution in [2.24, 2.45) is 0 Å². The van der Waals surface area contributed by atoms with Crippen LogP contribution in [0, 0.1) is 10.1 Å². The Morgan fingerprint density at radius 2 is 1.82 bits per heavy atom. The summed E-state index contributed by atoms with van der Waals surface area (Å²) in [6.07, 6.45) is 3.17. The number of hydrogen-bond donors (Lipinski definition) is 2. The molecule has 7 nitrogen and oxygen atoms in total. The highest BCUT2D eigenvalue weighted by molar-refractivity contribution is 7.80. The summed E-state index contributed by atoms with van der Waals surface area (Å²) in [6.45, 7) is 2.06. The number of benzene rings is 2. The van der Waals surface area contributed by atoms with Crippen molar-refractivity contribution in [3.05, 3.63) is 69.8 Å². The molecule has 1 heterocycles. The molecule has 2 aromatic carbocycles. The molecule has 0 saturated carbocycles. The molecule has 0 atom stereocenters. The van der Waals surface area contributed by atoms with Crippen LogP contribution in [0.3, 0.4) is 0 Å². The molecular formula is C20H22N4O3S. The van der Waals surface area contributed by atoms with E-state index in [0.29, 0.717) is 12.2 Å². The highest BCUT2D eigenvalue weighted by atomic mass is 32.1. The van der Waals surface area contributed by atoms with Crippen LogP contribution in [0.25, 0.3) is 0 Å². The van der Waals surface area contributed by atoms with E-state index in [1.807, 2.05) is 35.2 Å². The highest BCUT2D eigenvalue weighted by Gasteiger charge is 2.23. The molecular weight excluding hydrogens is 376 g/mol. The van der Waals surface area contributed by atoms with Crippen molar-refractivity contribution in [3.63, 3.8) is 0 Å². The van der Waals surface area contributed by atoms with Gasteiger partial charge in [0.1, 0.15) is 5.69 Å². The van der Waals surface area contributed by atoms with Crippen LogP contribution in [-0.2, 0) is 6.54 Å². The summed E-state index contributed by atoms with van der Waals surface area (Å²) in [6, 6.07) is 14.2. The number of nitro groups is 1. The summed E-state index contributed by atoms with van der Waals surface area (Å²) in [7, 11) is 0. The van der Waals surface area contributed by atoms with E-state index in [9.17, 15) is 14.9 Å². The van der Waals surface area contributed by atoms with Crippen LogP contribution in [0.15, 0.2) is 48.5 Å². The van der Waals surface area contributed by atoms with Gasteiger partial charge in [0.15, 0.2) is 5.11 Å². The van der Waals surface area contributed by atoms with Crippen molar-refractivity contribution < 1.29 is 9.72 Å². The Kier molecular flexibility index (Phi) is 6.54. The summed E-state index contributed by atoms with van der Waals surface area (Å²) in [5, 5.41) is 17.2. The second kappa shape index (κ2) is 9.27. The molecule has 0 bridgehead atoms. The van der Waals surface area contributed by atoms with Gasteiger partial charge in [0, 0.05) is 31.3 Å². The van der Waals surface area contributed by atoms with Gasteiger partial charge in [-0.05, 0) is 49.2 Å². The van der Waals surface area contributed by atoms with Crippen molar-refractivity contribution in [2.75, 3.05) is 18.0 Å². The molecule has 28 heavy (non-hydrogen) atoms. The summed E-state index contributed by atoms with van der Waals surface area (Å²) >= 11 is 5.16. The third-order valence-electron chi connectivity index (χ3n) is 4.65. The lowest BCUT2D eigenvalue weighted by Gasteiger charge is -2.28. The number of hydrogen-bond acceptors (Lipinski definition) is 5. The van der Waals surface area contributed by atoms with E-state index in [0.717, 1.165) is 37.9 Å². The summed E-state index contributed by atoms with van der Waals surface area (Å²) in [5.74, 6) is -0.473. The molecule has 0 aromatic heterocycles. The zero-order valence-electron chi connectivity index (χ0n) is 15.4. The molecule has 0 spiro atoms. The molecule has 3 rings (SSSR count). The van der Waals surface area contributed by atoms with E-state index in [1.54, 1.807) is 12.1 Å². The maximum absolute atomic E-state index is 12.5. The van der Waals surface area contributed by atoms with E-state index < -0.39 is 10.8 Å². The lowest BCUT2D eigenvalue weighted by Crippen LogP contribution is -2.38. The van der Waals surface area contributed by atoms with Crippen LogP contribution in [0.1, 0.15) is 35.2 Å². The van der Waals surface area contributed by atoms with E-state index in [4.69, 9.17) is 12.2 Å². The van der Waals surface area contributed by atoms with Crippen molar-refractivity contribution in [3.8, 4) is 0 Å². The molecule has 0 unspecified atom stereocenters. The fourth-order valence-electron chi connectivity index (χ4n) is 3.21. The third kappa shape index (κ3) is 5.04. The standard InChI is InChI=1S/C20H22N4O3S/c25-19(22-20(28)21-14-15-7-3-1-4-8-15)16-9-10-17(18(13-16)24(26)27)23-11-5-2-6-12-23/h1,3-4,7-10,13H,2,5-6,11-12,14H2,(H2,21,22,25,28). The number of carbonyl (C=O) groups is 1. The van der Waals surface area contributed by atoms with Gasteiger partial charge < -0.3 is 10.2 Å². The van der Waals surface area contributed by atoms with Gasteiger partial charge in [-0.15, -0.1) is 0 Å². The number of amides is 1. The van der Waals surface area contributed by atoms with Gasteiger partial charge >= 0.3 is 0 Å². The maximum atomic E-state index is 12.5. The number of nitrogens with zero attached hydrogens (tertiary/aromatic N) is 2. The average molecular weight is 398 g/mol. The Bertz CT molecular complexity index is 867. The van der Waals surface area contributed by atoms with Crippen molar-refractivity contribution in [1.29, 1.82) is 0 Å². The number of rotatable bonds is 5. The Balaban J connectivity index is 1.66. The molecule has 1 fully saturated rings. The first-order chi connectivity index (χ1) is 13.5. The Morgan fingerprint density at radius 1 is 1.11 bits per heavy atom. The van der Waals surface area contributed by atoms with Crippen LogP contribution in [0.2, 0.25) is 0 Å². The van der Waals surface area contributed by atoms with E-state index >= 15 is 0 Å². The van der Waals surface area contributed by atoms with Crippen molar-refractivity contribution >= 4 is 34.6 Å². The number of carbonyl (C=O) groups excluding carboxylic acids is 1. The predicted molar refractivity (Wildman–Crippen MR) is 113 cm³/mol. The van der Waals surface area contributed by atoms with Crippen molar-refractivity contribution in [2.45, 2.75) is 25.8 Å². The minimum atomic E-state index is -0.473. The van der Waals surface area contributed by atoms with Gasteiger partial charge in [-0.3, -0.25) is 20.2 Å². The van der Waals surface area contributed by atoms with Crippen LogP contribution in [0.4, 0.5) is 11.4 Å². The van der Waals surface area contributed by atoms with Crippen molar-refractivity contribution in [1.82, 2.24) is 10.6 Å². The first kappa shape index (κ1) is 19.8. The second-order valence-electron chi connectivity index (χ2n) is 6.63. The van der Waals surface area contributed by atoms with E-state index in [2.05, 4.69) is 10.6 Å². The zero-order chi connectivity index (χ0) is 19.9. The SMILES string of the molecule is O=C(NC(=S)NCc1ccccc1)c1ccc(N2CCCCC2)c([N+](=O)[O-])c1.